The van der Waals surface area contributed by atoms with Crippen molar-refractivity contribution < 1.29 is 9.59 Å². The molecule has 0 unspecified atom stereocenters. The molecule has 5 rings (SSSR count). The van der Waals surface area contributed by atoms with Gasteiger partial charge in [-0.3, -0.25) is 9.59 Å². The molecule has 2 amide bonds. The van der Waals surface area contributed by atoms with E-state index < -0.39 is 5.91 Å². The molecule has 1 heterocycles. The predicted octanol–water partition coefficient (Wildman–Crippen LogP) is 5.09. The molecule has 37 heavy (non-hydrogen) atoms. The summed E-state index contributed by atoms with van der Waals surface area (Å²) in [6.45, 7) is 3.27. The fourth-order valence-corrected chi connectivity index (χ4v) is 4.77. The highest BCUT2D eigenvalue weighted by atomic mass is 16.2. The van der Waals surface area contributed by atoms with Crippen molar-refractivity contribution in [2.75, 3.05) is 36.0 Å². The number of hydrogen-bond donors (Lipinski definition) is 1. The standard InChI is InChI=1S/C31H30N4O2/c32-30(36)28-17-16-27(33-18-20-34(21-19-33)31(37)25-12-6-2-7-13-25)22-29(28)35(26-14-8-3-9-15-26)23-24-10-4-1-5-11-24/h1-17,22H,18-21,23H2,(H2,32,36). The second-order valence-electron chi connectivity index (χ2n) is 9.12. The highest BCUT2D eigenvalue weighted by molar-refractivity contribution is 6.00. The Hall–Kier alpha value is -4.58. The first-order valence-electron chi connectivity index (χ1n) is 12.5. The van der Waals surface area contributed by atoms with Crippen LogP contribution in [0, 0.1) is 0 Å². The van der Waals surface area contributed by atoms with Crippen LogP contribution in [0.5, 0.6) is 0 Å². The summed E-state index contributed by atoms with van der Waals surface area (Å²) >= 11 is 0. The van der Waals surface area contributed by atoms with E-state index in [4.69, 9.17) is 5.73 Å². The average Bonchev–Trinajstić information content (AvgIpc) is 2.97. The smallest absolute Gasteiger partial charge is 0.253 e. The summed E-state index contributed by atoms with van der Waals surface area (Å²) in [5.74, 6) is -0.406. The van der Waals surface area contributed by atoms with Gasteiger partial charge in [-0.2, -0.15) is 0 Å². The third kappa shape index (κ3) is 5.48. The average molecular weight is 491 g/mol. The van der Waals surface area contributed by atoms with Gasteiger partial charge in [-0.25, -0.2) is 0 Å². The van der Waals surface area contributed by atoms with Crippen LogP contribution in [0.2, 0.25) is 0 Å². The van der Waals surface area contributed by atoms with Crippen LogP contribution >= 0.6 is 0 Å². The molecule has 1 aliphatic rings. The Morgan fingerprint density at radius 1 is 0.730 bits per heavy atom. The Kier molecular flexibility index (Phi) is 7.17. The van der Waals surface area contributed by atoms with E-state index in [-0.39, 0.29) is 5.91 Å². The monoisotopic (exact) mass is 490 g/mol. The van der Waals surface area contributed by atoms with Gasteiger partial charge in [-0.05, 0) is 48.0 Å². The maximum atomic E-state index is 12.9. The molecule has 0 spiro atoms. The first-order valence-corrected chi connectivity index (χ1v) is 12.5. The highest BCUT2D eigenvalue weighted by Gasteiger charge is 2.24. The van der Waals surface area contributed by atoms with E-state index in [0.717, 1.165) is 22.6 Å². The second kappa shape index (κ2) is 11.0. The number of nitrogens with zero attached hydrogens (tertiary/aromatic N) is 3. The van der Waals surface area contributed by atoms with E-state index in [1.165, 1.54) is 0 Å². The Morgan fingerprint density at radius 3 is 1.95 bits per heavy atom. The summed E-state index contributed by atoms with van der Waals surface area (Å²) in [5, 5.41) is 0. The number of carbonyl (C=O) groups is 2. The molecule has 0 atom stereocenters. The van der Waals surface area contributed by atoms with E-state index in [2.05, 4.69) is 21.9 Å². The van der Waals surface area contributed by atoms with Crippen molar-refractivity contribution in [2.45, 2.75) is 6.54 Å². The second-order valence-corrected chi connectivity index (χ2v) is 9.12. The summed E-state index contributed by atoms with van der Waals surface area (Å²) in [4.78, 5) is 31.7. The van der Waals surface area contributed by atoms with Crippen molar-refractivity contribution in [1.82, 2.24) is 4.90 Å². The summed E-state index contributed by atoms with van der Waals surface area (Å²) < 4.78 is 0. The van der Waals surface area contributed by atoms with Crippen LogP contribution in [0.15, 0.2) is 109 Å². The molecule has 1 aliphatic heterocycles. The van der Waals surface area contributed by atoms with Crippen molar-refractivity contribution in [3.05, 3.63) is 126 Å². The fraction of sp³-hybridized carbons (Fsp3) is 0.161. The number of benzene rings is 4. The molecule has 2 N–H and O–H groups in total. The van der Waals surface area contributed by atoms with Crippen molar-refractivity contribution >= 4 is 28.9 Å². The predicted molar refractivity (Wildman–Crippen MR) is 148 cm³/mol. The number of anilines is 3. The third-order valence-electron chi connectivity index (χ3n) is 6.74. The lowest BCUT2D eigenvalue weighted by atomic mass is 10.1. The Balaban J connectivity index is 1.43. The van der Waals surface area contributed by atoms with Crippen molar-refractivity contribution in [3.8, 4) is 0 Å². The summed E-state index contributed by atoms with van der Waals surface area (Å²) in [7, 11) is 0. The van der Waals surface area contributed by atoms with Gasteiger partial charge in [0.05, 0.1) is 11.3 Å². The fourth-order valence-electron chi connectivity index (χ4n) is 4.77. The quantitative estimate of drug-likeness (QED) is 0.392. The maximum Gasteiger partial charge on any atom is 0.253 e. The van der Waals surface area contributed by atoms with E-state index >= 15 is 0 Å². The number of rotatable bonds is 7. The van der Waals surface area contributed by atoms with E-state index in [1.54, 1.807) is 0 Å². The van der Waals surface area contributed by atoms with E-state index in [1.807, 2.05) is 102 Å². The lowest BCUT2D eigenvalue weighted by molar-refractivity contribution is 0.0746. The largest absolute Gasteiger partial charge is 0.368 e. The molecule has 0 radical (unpaired) electrons. The number of piperazine rings is 1. The number of amides is 2. The molecule has 0 saturated carbocycles. The molecule has 0 bridgehead atoms. The summed E-state index contributed by atoms with van der Waals surface area (Å²) in [6.07, 6.45) is 0. The number of carbonyl (C=O) groups excluding carboxylic acids is 2. The van der Waals surface area contributed by atoms with E-state index in [0.29, 0.717) is 43.9 Å². The minimum absolute atomic E-state index is 0.0585. The van der Waals surface area contributed by atoms with Gasteiger partial charge in [-0.15, -0.1) is 0 Å². The minimum Gasteiger partial charge on any atom is -0.368 e. The molecule has 6 nitrogen and oxygen atoms in total. The molecule has 6 heteroatoms. The van der Waals surface area contributed by atoms with Crippen molar-refractivity contribution in [1.29, 1.82) is 0 Å². The van der Waals surface area contributed by atoms with Gasteiger partial charge in [0.1, 0.15) is 0 Å². The van der Waals surface area contributed by atoms with Crippen LogP contribution in [0.25, 0.3) is 0 Å². The van der Waals surface area contributed by atoms with E-state index in [9.17, 15) is 9.59 Å². The maximum absolute atomic E-state index is 12.9. The van der Waals surface area contributed by atoms with Crippen molar-refractivity contribution in [3.63, 3.8) is 0 Å². The molecule has 1 fully saturated rings. The first kappa shape index (κ1) is 24.1. The SMILES string of the molecule is NC(=O)c1ccc(N2CCN(C(=O)c3ccccc3)CC2)cc1N(Cc1ccccc1)c1ccccc1. The number of hydrogen-bond acceptors (Lipinski definition) is 4. The highest BCUT2D eigenvalue weighted by Crippen LogP contribution is 2.34. The Morgan fingerprint density at radius 2 is 1.32 bits per heavy atom. The van der Waals surface area contributed by atoms with Gasteiger partial charge in [0.25, 0.3) is 11.8 Å². The van der Waals surface area contributed by atoms with Crippen LogP contribution < -0.4 is 15.5 Å². The van der Waals surface area contributed by atoms with Crippen molar-refractivity contribution in [2.24, 2.45) is 5.73 Å². The van der Waals surface area contributed by atoms with Crippen LogP contribution in [0.3, 0.4) is 0 Å². The molecule has 1 saturated heterocycles. The van der Waals surface area contributed by atoms with Gasteiger partial charge in [0.2, 0.25) is 0 Å². The van der Waals surface area contributed by atoms with Crippen LogP contribution in [0.1, 0.15) is 26.3 Å². The zero-order valence-electron chi connectivity index (χ0n) is 20.7. The Labute approximate surface area is 217 Å². The van der Waals surface area contributed by atoms with Crippen LogP contribution in [-0.2, 0) is 6.54 Å². The lowest BCUT2D eigenvalue weighted by Gasteiger charge is -2.37. The van der Waals surface area contributed by atoms with Gasteiger partial charge in [0, 0.05) is 49.7 Å². The molecular weight excluding hydrogens is 460 g/mol. The minimum atomic E-state index is -0.464. The molecule has 186 valence electrons. The number of nitrogens with two attached hydrogens (primary N) is 1. The molecule has 0 aliphatic carbocycles. The summed E-state index contributed by atoms with van der Waals surface area (Å²) in [6, 6.07) is 35.4. The summed E-state index contributed by atoms with van der Waals surface area (Å²) in [5.41, 5.74) is 10.9. The first-order chi connectivity index (χ1) is 18.1. The van der Waals surface area contributed by atoms with Gasteiger partial charge >= 0.3 is 0 Å². The van der Waals surface area contributed by atoms with Gasteiger partial charge in [0.15, 0.2) is 0 Å². The Bertz CT molecular complexity index is 1350. The zero-order chi connectivity index (χ0) is 25.6. The number of para-hydroxylation sites is 1. The molecular formula is C31H30N4O2. The normalized spacial score (nSPS) is 13.3. The molecule has 0 aromatic heterocycles. The van der Waals surface area contributed by atoms with Gasteiger partial charge < -0.3 is 20.4 Å². The van der Waals surface area contributed by atoms with Crippen LogP contribution in [-0.4, -0.2) is 42.9 Å². The van der Waals surface area contributed by atoms with Crippen LogP contribution in [0.4, 0.5) is 17.1 Å². The molecule has 4 aromatic rings. The zero-order valence-corrected chi connectivity index (χ0v) is 20.7. The number of primary amides is 1. The topological polar surface area (TPSA) is 69.9 Å². The lowest BCUT2D eigenvalue weighted by Crippen LogP contribution is -2.48. The third-order valence-corrected chi connectivity index (χ3v) is 6.74. The van der Waals surface area contributed by atoms with Gasteiger partial charge in [-0.1, -0.05) is 66.7 Å². The molecule has 4 aromatic carbocycles.